The molecule has 118 valence electrons. The number of nitrogens with one attached hydrogen (secondary N) is 2. The summed E-state index contributed by atoms with van der Waals surface area (Å²) < 4.78 is 0. The molecule has 2 aliphatic heterocycles. The van der Waals surface area contributed by atoms with E-state index in [0.717, 1.165) is 6.42 Å². The Morgan fingerprint density at radius 3 is 2.71 bits per heavy atom. The Kier molecular flexibility index (Phi) is 4.66. The topological polar surface area (TPSA) is 97.3 Å². The van der Waals surface area contributed by atoms with E-state index >= 15 is 0 Å². The van der Waals surface area contributed by atoms with Crippen LogP contribution in [0.1, 0.15) is 20.3 Å². The van der Waals surface area contributed by atoms with Gasteiger partial charge in [-0.2, -0.15) is 0 Å². The quantitative estimate of drug-likeness (QED) is 0.615. The molecule has 2 heterocycles. The first-order valence-corrected chi connectivity index (χ1v) is 7.21. The van der Waals surface area contributed by atoms with Gasteiger partial charge in [0.25, 0.3) is 5.91 Å². The molecule has 2 atom stereocenters. The van der Waals surface area contributed by atoms with E-state index < -0.39 is 18.2 Å². The first-order chi connectivity index (χ1) is 9.95. The monoisotopic (exact) mass is 297 g/mol. The van der Waals surface area contributed by atoms with Gasteiger partial charge in [-0.3, -0.25) is 15.1 Å². The van der Waals surface area contributed by atoms with E-state index in [2.05, 4.69) is 29.5 Å². The van der Waals surface area contributed by atoms with Gasteiger partial charge in [-0.15, -0.1) is 0 Å². The summed E-state index contributed by atoms with van der Waals surface area (Å²) in [7, 11) is 1.64. The average molecular weight is 297 g/mol. The highest BCUT2D eigenvalue weighted by Gasteiger charge is 2.49. The van der Waals surface area contributed by atoms with Gasteiger partial charge in [-0.25, -0.2) is 4.79 Å². The minimum Gasteiger partial charge on any atom is -0.394 e. The van der Waals surface area contributed by atoms with Crippen LogP contribution in [0.2, 0.25) is 0 Å². The number of aliphatic imine (C=N–C) groups is 1. The molecule has 21 heavy (non-hydrogen) atoms. The average Bonchev–Trinajstić information content (AvgIpc) is 2.79. The number of nitrogens with zero attached hydrogens (tertiary/aromatic N) is 3. The number of aliphatic hydroxyl groups excluding tert-OH is 1. The molecule has 0 saturated carbocycles. The lowest BCUT2D eigenvalue weighted by Gasteiger charge is -2.35. The summed E-state index contributed by atoms with van der Waals surface area (Å²) in [6.07, 6.45) is 0.490. The standard InChI is InChI=1S/C13H23N5O3/c1-8(2)4-6-18-9-10(15-12(18)14-5-7-19)17(3)13(21)16-11(9)20/h8-10,19H,4-7H2,1-3H3,(H,14,15)(H,16,20,21). The number of imide groups is 1. The molecule has 3 N–H and O–H groups in total. The molecular formula is C13H23N5O3. The first kappa shape index (κ1) is 15.6. The van der Waals surface area contributed by atoms with Crippen molar-refractivity contribution in [2.24, 2.45) is 10.9 Å². The summed E-state index contributed by atoms with van der Waals surface area (Å²) in [4.78, 5) is 31.5. The van der Waals surface area contributed by atoms with Crippen molar-refractivity contribution in [1.29, 1.82) is 0 Å². The largest absolute Gasteiger partial charge is 0.394 e. The Morgan fingerprint density at radius 1 is 1.38 bits per heavy atom. The highest BCUT2D eigenvalue weighted by Crippen LogP contribution is 2.21. The van der Waals surface area contributed by atoms with Gasteiger partial charge in [-0.1, -0.05) is 13.8 Å². The lowest BCUT2D eigenvalue weighted by Crippen LogP contribution is -2.64. The summed E-state index contributed by atoms with van der Waals surface area (Å²) in [6.45, 7) is 5.11. The van der Waals surface area contributed by atoms with Gasteiger partial charge in [0, 0.05) is 13.6 Å². The maximum absolute atomic E-state index is 12.2. The predicted octanol–water partition coefficient (Wildman–Crippen LogP) is -0.838. The van der Waals surface area contributed by atoms with E-state index in [1.807, 2.05) is 4.90 Å². The number of amides is 3. The molecule has 0 aromatic heterocycles. The highest BCUT2D eigenvalue weighted by molar-refractivity contribution is 6.04. The fourth-order valence-corrected chi connectivity index (χ4v) is 2.52. The molecule has 8 heteroatoms. The number of hydrogen-bond donors (Lipinski definition) is 3. The number of hydrogen-bond acceptors (Lipinski definition) is 4. The number of fused-ring (bicyclic) bond motifs is 1. The molecule has 2 rings (SSSR count). The number of aliphatic hydroxyl groups is 1. The molecule has 0 bridgehead atoms. The Labute approximate surface area is 124 Å². The number of carbonyl (C=O) groups is 2. The Hall–Kier alpha value is -1.83. The van der Waals surface area contributed by atoms with Gasteiger partial charge in [-0.05, 0) is 12.3 Å². The van der Waals surface area contributed by atoms with Gasteiger partial charge in [0.05, 0.1) is 13.2 Å². The van der Waals surface area contributed by atoms with Crippen molar-refractivity contribution in [2.45, 2.75) is 32.5 Å². The van der Waals surface area contributed by atoms with E-state index in [0.29, 0.717) is 18.4 Å². The number of rotatable bonds is 5. The zero-order chi connectivity index (χ0) is 15.6. The summed E-state index contributed by atoms with van der Waals surface area (Å²) >= 11 is 0. The molecule has 2 unspecified atom stereocenters. The second-order valence-electron chi connectivity index (χ2n) is 5.74. The Morgan fingerprint density at radius 2 is 2.10 bits per heavy atom. The van der Waals surface area contributed by atoms with E-state index in [1.54, 1.807) is 7.05 Å². The second kappa shape index (κ2) is 6.30. The van der Waals surface area contributed by atoms with Crippen molar-refractivity contribution in [3.63, 3.8) is 0 Å². The fraction of sp³-hybridized carbons (Fsp3) is 0.769. The van der Waals surface area contributed by atoms with Crippen molar-refractivity contribution < 1.29 is 14.7 Å². The van der Waals surface area contributed by atoms with Crippen molar-refractivity contribution in [2.75, 3.05) is 26.7 Å². The summed E-state index contributed by atoms with van der Waals surface area (Å²) in [5.41, 5.74) is 0. The summed E-state index contributed by atoms with van der Waals surface area (Å²) in [6, 6.07) is -0.898. The van der Waals surface area contributed by atoms with Crippen LogP contribution in [-0.4, -0.2) is 71.8 Å². The number of guanidine groups is 1. The van der Waals surface area contributed by atoms with Crippen LogP contribution in [0.15, 0.2) is 4.99 Å². The molecule has 2 saturated heterocycles. The molecule has 0 radical (unpaired) electrons. The Balaban J connectivity index is 2.23. The van der Waals surface area contributed by atoms with Crippen LogP contribution >= 0.6 is 0 Å². The van der Waals surface area contributed by atoms with Crippen LogP contribution in [0.4, 0.5) is 4.79 Å². The van der Waals surface area contributed by atoms with Crippen LogP contribution in [-0.2, 0) is 4.79 Å². The normalized spacial score (nSPS) is 27.2. The maximum Gasteiger partial charge on any atom is 0.325 e. The van der Waals surface area contributed by atoms with Crippen LogP contribution in [0.25, 0.3) is 0 Å². The zero-order valence-corrected chi connectivity index (χ0v) is 12.7. The van der Waals surface area contributed by atoms with E-state index in [4.69, 9.17) is 5.11 Å². The van der Waals surface area contributed by atoms with E-state index in [1.165, 1.54) is 4.90 Å². The molecule has 8 nitrogen and oxygen atoms in total. The molecule has 0 aromatic carbocycles. The van der Waals surface area contributed by atoms with Gasteiger partial charge in [0.2, 0.25) is 0 Å². The third kappa shape index (κ3) is 3.10. The summed E-state index contributed by atoms with van der Waals surface area (Å²) in [5.74, 6) is 0.749. The summed E-state index contributed by atoms with van der Waals surface area (Å²) in [5, 5.41) is 14.4. The van der Waals surface area contributed by atoms with Crippen molar-refractivity contribution in [3.8, 4) is 0 Å². The van der Waals surface area contributed by atoms with Crippen molar-refractivity contribution in [3.05, 3.63) is 0 Å². The highest BCUT2D eigenvalue weighted by atomic mass is 16.3. The Bertz CT molecular complexity index is 451. The van der Waals surface area contributed by atoms with Gasteiger partial charge >= 0.3 is 6.03 Å². The number of likely N-dealkylation sites (N-methyl/N-ethyl adjacent to an activating group) is 1. The molecule has 3 amide bonds. The fourth-order valence-electron chi connectivity index (χ4n) is 2.52. The lowest BCUT2D eigenvalue weighted by molar-refractivity contribution is -0.127. The molecule has 0 spiro atoms. The minimum absolute atomic E-state index is 0.0561. The molecule has 0 aromatic rings. The third-order valence-electron chi connectivity index (χ3n) is 3.73. The van der Waals surface area contributed by atoms with Crippen LogP contribution in [0.5, 0.6) is 0 Å². The molecule has 2 fully saturated rings. The maximum atomic E-state index is 12.2. The van der Waals surface area contributed by atoms with E-state index in [-0.39, 0.29) is 19.1 Å². The SMILES string of the molecule is CC(C)CCN1C(=NCCO)NC2C1C(=O)NC(=O)N2C. The molecular weight excluding hydrogens is 274 g/mol. The predicted molar refractivity (Wildman–Crippen MR) is 77.6 cm³/mol. The van der Waals surface area contributed by atoms with Gasteiger partial charge in [0.1, 0.15) is 6.17 Å². The third-order valence-corrected chi connectivity index (χ3v) is 3.73. The molecule has 2 aliphatic rings. The minimum atomic E-state index is -0.483. The van der Waals surface area contributed by atoms with Gasteiger partial charge in [0.15, 0.2) is 12.0 Å². The smallest absolute Gasteiger partial charge is 0.325 e. The van der Waals surface area contributed by atoms with Crippen molar-refractivity contribution in [1.82, 2.24) is 20.4 Å². The zero-order valence-electron chi connectivity index (χ0n) is 12.7. The number of urea groups is 1. The first-order valence-electron chi connectivity index (χ1n) is 7.21. The van der Waals surface area contributed by atoms with Crippen LogP contribution < -0.4 is 10.6 Å². The van der Waals surface area contributed by atoms with E-state index in [9.17, 15) is 9.59 Å². The lowest BCUT2D eigenvalue weighted by atomic mass is 10.1. The molecule has 0 aliphatic carbocycles. The van der Waals surface area contributed by atoms with Gasteiger partial charge < -0.3 is 20.2 Å². The van der Waals surface area contributed by atoms with Crippen molar-refractivity contribution >= 4 is 17.9 Å². The van der Waals surface area contributed by atoms with Crippen LogP contribution in [0.3, 0.4) is 0 Å². The number of carbonyl (C=O) groups excluding carboxylic acids is 2. The second-order valence-corrected chi connectivity index (χ2v) is 5.74. The van der Waals surface area contributed by atoms with Crippen LogP contribution in [0, 0.1) is 5.92 Å².